The molecule has 2 atom stereocenters. The number of ether oxygens (including phenoxy) is 4. The van der Waals surface area contributed by atoms with E-state index in [0.717, 1.165) is 0 Å². The lowest BCUT2D eigenvalue weighted by atomic mass is 9.82. The van der Waals surface area contributed by atoms with Gasteiger partial charge >= 0.3 is 18.2 Å². The van der Waals surface area contributed by atoms with E-state index in [4.69, 9.17) is 18.9 Å². The SMILES string of the molecule is COCO[C@@](Cc1ccccc1)(C(=O)O)[C@H](c1ccccc1)N(C(=O)OC(C)(C)C)C(=O)OC(C)(C)C. The molecule has 9 nitrogen and oxygen atoms in total. The van der Waals surface area contributed by atoms with Crippen LogP contribution in [-0.4, -0.2) is 58.9 Å². The summed E-state index contributed by atoms with van der Waals surface area (Å²) >= 11 is 0. The Labute approximate surface area is 218 Å². The van der Waals surface area contributed by atoms with Gasteiger partial charge in [0, 0.05) is 13.5 Å². The van der Waals surface area contributed by atoms with E-state index in [-0.39, 0.29) is 6.42 Å². The minimum absolute atomic E-state index is 0.200. The number of aliphatic carboxylic acids is 1. The normalized spacial score (nSPS) is 14.2. The van der Waals surface area contributed by atoms with E-state index < -0.39 is 47.8 Å². The number of carboxylic acids is 1. The number of nitrogens with zero attached hydrogens (tertiary/aromatic N) is 1. The van der Waals surface area contributed by atoms with Crippen molar-refractivity contribution in [3.63, 3.8) is 0 Å². The van der Waals surface area contributed by atoms with Crippen LogP contribution in [0.5, 0.6) is 0 Å². The van der Waals surface area contributed by atoms with Gasteiger partial charge in [-0.2, -0.15) is 0 Å². The highest BCUT2D eigenvalue weighted by atomic mass is 16.7. The van der Waals surface area contributed by atoms with E-state index in [2.05, 4.69) is 0 Å². The third kappa shape index (κ3) is 8.30. The molecule has 37 heavy (non-hydrogen) atoms. The van der Waals surface area contributed by atoms with E-state index >= 15 is 0 Å². The van der Waals surface area contributed by atoms with Crippen molar-refractivity contribution in [1.82, 2.24) is 4.90 Å². The largest absolute Gasteiger partial charge is 0.479 e. The molecule has 0 radical (unpaired) electrons. The number of methoxy groups -OCH3 is 1. The fourth-order valence-corrected chi connectivity index (χ4v) is 3.71. The number of rotatable bonds is 9. The summed E-state index contributed by atoms with van der Waals surface area (Å²) in [6.07, 6.45) is -2.35. The van der Waals surface area contributed by atoms with Gasteiger partial charge in [0.1, 0.15) is 24.0 Å². The molecule has 2 aromatic carbocycles. The number of hydrogen-bond donors (Lipinski definition) is 1. The summed E-state index contributed by atoms with van der Waals surface area (Å²) in [5.74, 6) is -1.40. The van der Waals surface area contributed by atoms with Crippen molar-refractivity contribution in [3.8, 4) is 0 Å². The number of imide groups is 1. The number of amides is 2. The predicted molar refractivity (Wildman–Crippen MR) is 137 cm³/mol. The molecular weight excluding hydrogens is 478 g/mol. The third-order valence-corrected chi connectivity index (χ3v) is 5.10. The lowest BCUT2D eigenvalue weighted by Crippen LogP contribution is -2.59. The molecule has 0 heterocycles. The van der Waals surface area contributed by atoms with Crippen molar-refractivity contribution in [2.75, 3.05) is 13.9 Å². The van der Waals surface area contributed by atoms with Crippen molar-refractivity contribution >= 4 is 18.2 Å². The molecule has 0 aromatic heterocycles. The quantitative estimate of drug-likeness (QED) is 0.431. The highest BCUT2D eigenvalue weighted by Crippen LogP contribution is 2.40. The van der Waals surface area contributed by atoms with Crippen LogP contribution in [0.25, 0.3) is 0 Å². The lowest BCUT2D eigenvalue weighted by Gasteiger charge is -2.42. The van der Waals surface area contributed by atoms with Crippen LogP contribution >= 0.6 is 0 Å². The van der Waals surface area contributed by atoms with Crippen LogP contribution in [-0.2, 0) is 30.2 Å². The van der Waals surface area contributed by atoms with Crippen LogP contribution in [0.4, 0.5) is 9.59 Å². The molecule has 0 bridgehead atoms. The number of carbonyl (C=O) groups is 3. The first kappa shape index (κ1) is 29.8. The maximum absolute atomic E-state index is 13.6. The van der Waals surface area contributed by atoms with E-state index in [1.807, 2.05) is 0 Å². The average molecular weight is 516 g/mol. The molecule has 202 valence electrons. The van der Waals surface area contributed by atoms with Gasteiger partial charge in [-0.05, 0) is 52.7 Å². The molecule has 2 aromatic rings. The first-order chi connectivity index (χ1) is 17.2. The first-order valence-corrected chi connectivity index (χ1v) is 11.9. The molecule has 0 aliphatic carbocycles. The Morgan fingerprint density at radius 3 is 1.68 bits per heavy atom. The van der Waals surface area contributed by atoms with Gasteiger partial charge in [-0.3, -0.25) is 0 Å². The van der Waals surface area contributed by atoms with Gasteiger partial charge in [0.25, 0.3) is 0 Å². The first-order valence-electron chi connectivity index (χ1n) is 11.9. The molecule has 0 fully saturated rings. The number of carbonyl (C=O) groups excluding carboxylic acids is 2. The maximum Gasteiger partial charge on any atom is 0.420 e. The summed E-state index contributed by atoms with van der Waals surface area (Å²) in [5, 5.41) is 10.7. The fourth-order valence-electron chi connectivity index (χ4n) is 3.71. The highest BCUT2D eigenvalue weighted by molar-refractivity contribution is 5.91. The zero-order chi connectivity index (χ0) is 27.9. The summed E-state index contributed by atoms with van der Waals surface area (Å²) in [5.41, 5.74) is -3.22. The Balaban J connectivity index is 2.86. The Bertz CT molecular complexity index is 1020. The lowest BCUT2D eigenvalue weighted by molar-refractivity contribution is -0.195. The van der Waals surface area contributed by atoms with Crippen molar-refractivity contribution in [2.24, 2.45) is 0 Å². The molecule has 0 saturated heterocycles. The second-order valence-electron chi connectivity index (χ2n) is 10.6. The smallest absolute Gasteiger partial charge is 0.420 e. The Morgan fingerprint density at radius 1 is 0.811 bits per heavy atom. The van der Waals surface area contributed by atoms with Crippen molar-refractivity contribution < 1.29 is 38.4 Å². The monoisotopic (exact) mass is 515 g/mol. The van der Waals surface area contributed by atoms with E-state index in [1.165, 1.54) is 7.11 Å². The summed E-state index contributed by atoms with van der Waals surface area (Å²) in [4.78, 5) is 41.1. The number of hydrogen-bond acceptors (Lipinski definition) is 7. The molecule has 0 spiro atoms. The molecule has 2 rings (SSSR count). The van der Waals surface area contributed by atoms with Crippen LogP contribution < -0.4 is 0 Å². The molecule has 0 saturated carbocycles. The van der Waals surface area contributed by atoms with Crippen LogP contribution in [0.15, 0.2) is 60.7 Å². The maximum atomic E-state index is 13.6. The van der Waals surface area contributed by atoms with Gasteiger partial charge in [0.05, 0.1) is 0 Å². The number of carboxylic acid groups (broad SMARTS) is 1. The van der Waals surface area contributed by atoms with Gasteiger partial charge in [0.2, 0.25) is 0 Å². The predicted octanol–water partition coefficient (Wildman–Crippen LogP) is 5.59. The highest BCUT2D eigenvalue weighted by Gasteiger charge is 2.55. The average Bonchev–Trinajstić information content (AvgIpc) is 2.79. The van der Waals surface area contributed by atoms with Crippen LogP contribution in [0, 0.1) is 0 Å². The fraction of sp³-hybridized carbons (Fsp3) is 0.464. The van der Waals surface area contributed by atoms with Crippen LogP contribution in [0.2, 0.25) is 0 Å². The molecule has 1 N–H and O–H groups in total. The zero-order valence-electron chi connectivity index (χ0n) is 22.5. The minimum Gasteiger partial charge on any atom is -0.479 e. The summed E-state index contributed by atoms with van der Waals surface area (Å²) < 4.78 is 22.2. The summed E-state index contributed by atoms with van der Waals surface area (Å²) in [7, 11) is 1.35. The minimum atomic E-state index is -2.17. The van der Waals surface area contributed by atoms with Crippen molar-refractivity contribution in [1.29, 1.82) is 0 Å². The molecule has 9 heteroatoms. The molecule has 0 aliphatic rings. The Kier molecular flexibility index (Phi) is 9.83. The summed E-state index contributed by atoms with van der Waals surface area (Å²) in [6.45, 7) is 9.45. The van der Waals surface area contributed by atoms with Crippen LogP contribution in [0.1, 0.15) is 58.7 Å². The molecular formula is C28H37NO8. The van der Waals surface area contributed by atoms with E-state index in [1.54, 1.807) is 102 Å². The third-order valence-electron chi connectivity index (χ3n) is 5.10. The van der Waals surface area contributed by atoms with Crippen molar-refractivity contribution in [2.45, 2.75) is 70.8 Å². The second kappa shape index (κ2) is 12.2. The van der Waals surface area contributed by atoms with E-state index in [9.17, 15) is 19.5 Å². The Hall–Kier alpha value is -3.43. The number of benzene rings is 2. The molecule has 0 aliphatic heterocycles. The van der Waals surface area contributed by atoms with Gasteiger partial charge in [-0.15, -0.1) is 0 Å². The van der Waals surface area contributed by atoms with Crippen LogP contribution in [0.3, 0.4) is 0 Å². The molecule has 2 amide bonds. The van der Waals surface area contributed by atoms with Gasteiger partial charge in [-0.25, -0.2) is 19.3 Å². The van der Waals surface area contributed by atoms with E-state index in [0.29, 0.717) is 16.0 Å². The van der Waals surface area contributed by atoms with Gasteiger partial charge in [0.15, 0.2) is 5.60 Å². The summed E-state index contributed by atoms with van der Waals surface area (Å²) in [6, 6.07) is 15.6. The van der Waals surface area contributed by atoms with Gasteiger partial charge in [-0.1, -0.05) is 60.7 Å². The zero-order valence-corrected chi connectivity index (χ0v) is 22.5. The topological polar surface area (TPSA) is 112 Å². The van der Waals surface area contributed by atoms with Crippen molar-refractivity contribution in [3.05, 3.63) is 71.8 Å². The standard InChI is InChI=1S/C28H37NO8/c1-26(2,3)36-24(32)29(25(33)37-27(4,5)6)22(21-16-12-9-13-17-21)28(23(30)31,35-19-34-7)18-20-14-10-8-11-15-20/h8-17,22H,18-19H2,1-7H3,(H,30,31)/t22-,28+/m0/s1. The second-order valence-corrected chi connectivity index (χ2v) is 10.6. The Morgan fingerprint density at radius 2 is 1.27 bits per heavy atom. The molecule has 0 unspecified atom stereocenters. The van der Waals surface area contributed by atoms with Gasteiger partial charge < -0.3 is 24.1 Å².